The molecule has 3 saturated heterocycles. The fourth-order valence-corrected chi connectivity index (χ4v) is 3.69. The second kappa shape index (κ2) is 5.33. The van der Waals surface area contributed by atoms with E-state index in [1.165, 1.54) is 0 Å². The van der Waals surface area contributed by atoms with Crippen molar-refractivity contribution in [3.63, 3.8) is 0 Å². The molecule has 2 amide bonds. The van der Waals surface area contributed by atoms with Crippen LogP contribution in [0.15, 0.2) is 0 Å². The lowest BCUT2D eigenvalue weighted by molar-refractivity contribution is -0.155. The van der Waals surface area contributed by atoms with Gasteiger partial charge in [-0.05, 0) is 18.9 Å². The SMILES string of the molecule is CC(=O)N1CCN(C(=O)[C@]23CNC[C@H]2CCOC3)CC1. The van der Waals surface area contributed by atoms with Gasteiger partial charge in [0.25, 0.3) is 0 Å². The molecule has 20 heavy (non-hydrogen) atoms. The number of nitrogens with one attached hydrogen (secondary N) is 1. The molecule has 6 heteroatoms. The van der Waals surface area contributed by atoms with Gasteiger partial charge in [0.1, 0.15) is 0 Å². The molecule has 0 unspecified atom stereocenters. The average Bonchev–Trinajstić information content (AvgIpc) is 2.91. The molecule has 6 nitrogen and oxygen atoms in total. The van der Waals surface area contributed by atoms with Gasteiger partial charge in [-0.1, -0.05) is 0 Å². The summed E-state index contributed by atoms with van der Waals surface area (Å²) in [6.07, 6.45) is 0.964. The zero-order valence-electron chi connectivity index (χ0n) is 12.1. The number of hydrogen-bond acceptors (Lipinski definition) is 4. The highest BCUT2D eigenvalue weighted by molar-refractivity contribution is 5.84. The average molecular weight is 281 g/mol. The summed E-state index contributed by atoms with van der Waals surface area (Å²) >= 11 is 0. The molecule has 0 saturated carbocycles. The summed E-state index contributed by atoms with van der Waals surface area (Å²) in [6.45, 7) is 7.12. The highest BCUT2D eigenvalue weighted by Gasteiger charge is 2.52. The Hall–Kier alpha value is -1.14. The number of hydrogen-bond donors (Lipinski definition) is 1. The Morgan fingerprint density at radius 3 is 2.60 bits per heavy atom. The van der Waals surface area contributed by atoms with Gasteiger partial charge in [0.05, 0.1) is 12.0 Å². The molecule has 3 heterocycles. The third-order valence-corrected chi connectivity index (χ3v) is 5.02. The first-order valence-electron chi connectivity index (χ1n) is 7.47. The molecule has 3 fully saturated rings. The maximum Gasteiger partial charge on any atom is 0.232 e. The topological polar surface area (TPSA) is 61.9 Å². The van der Waals surface area contributed by atoms with E-state index < -0.39 is 0 Å². The van der Waals surface area contributed by atoms with Crippen LogP contribution in [-0.4, -0.2) is 74.1 Å². The summed E-state index contributed by atoms with van der Waals surface area (Å²) in [6, 6.07) is 0. The van der Waals surface area contributed by atoms with Crippen molar-refractivity contribution in [2.45, 2.75) is 13.3 Å². The van der Waals surface area contributed by atoms with Crippen LogP contribution in [0, 0.1) is 11.3 Å². The van der Waals surface area contributed by atoms with E-state index in [1.807, 2.05) is 9.80 Å². The summed E-state index contributed by atoms with van der Waals surface area (Å²) in [5.41, 5.74) is -0.364. The van der Waals surface area contributed by atoms with Gasteiger partial charge in [-0.15, -0.1) is 0 Å². The van der Waals surface area contributed by atoms with E-state index in [1.54, 1.807) is 6.92 Å². The van der Waals surface area contributed by atoms with Crippen LogP contribution in [0.2, 0.25) is 0 Å². The summed E-state index contributed by atoms with van der Waals surface area (Å²) in [4.78, 5) is 28.0. The molecule has 3 aliphatic heterocycles. The first kappa shape index (κ1) is 13.8. The third kappa shape index (κ3) is 2.20. The fourth-order valence-electron chi connectivity index (χ4n) is 3.69. The predicted molar refractivity (Wildman–Crippen MR) is 73.1 cm³/mol. The smallest absolute Gasteiger partial charge is 0.232 e. The number of fused-ring (bicyclic) bond motifs is 1. The molecule has 0 aliphatic carbocycles. The van der Waals surface area contributed by atoms with Crippen LogP contribution >= 0.6 is 0 Å². The van der Waals surface area contributed by atoms with Gasteiger partial charge < -0.3 is 19.9 Å². The van der Waals surface area contributed by atoms with E-state index in [2.05, 4.69) is 5.32 Å². The summed E-state index contributed by atoms with van der Waals surface area (Å²) in [5.74, 6) is 0.710. The Kier molecular flexibility index (Phi) is 3.69. The molecule has 112 valence electrons. The largest absolute Gasteiger partial charge is 0.380 e. The maximum atomic E-state index is 12.9. The molecule has 3 rings (SSSR count). The number of carbonyl (C=O) groups excluding carboxylic acids is 2. The van der Waals surface area contributed by atoms with Crippen molar-refractivity contribution in [3.05, 3.63) is 0 Å². The lowest BCUT2D eigenvalue weighted by Gasteiger charge is -2.43. The molecule has 3 aliphatic rings. The van der Waals surface area contributed by atoms with Crippen LogP contribution < -0.4 is 5.32 Å². The predicted octanol–water partition coefficient (Wildman–Crippen LogP) is -0.697. The molecule has 0 spiro atoms. The Morgan fingerprint density at radius 2 is 1.90 bits per heavy atom. The Bertz CT molecular complexity index is 406. The van der Waals surface area contributed by atoms with E-state index in [0.717, 1.165) is 26.1 Å². The van der Waals surface area contributed by atoms with Crippen molar-refractivity contribution < 1.29 is 14.3 Å². The van der Waals surface area contributed by atoms with Gasteiger partial charge in [-0.2, -0.15) is 0 Å². The van der Waals surface area contributed by atoms with Crippen molar-refractivity contribution in [1.29, 1.82) is 0 Å². The Labute approximate surface area is 119 Å². The number of piperazine rings is 1. The first-order chi connectivity index (χ1) is 9.63. The van der Waals surface area contributed by atoms with Gasteiger partial charge in [-0.3, -0.25) is 9.59 Å². The number of amides is 2. The van der Waals surface area contributed by atoms with E-state index >= 15 is 0 Å². The normalized spacial score (nSPS) is 34.0. The first-order valence-corrected chi connectivity index (χ1v) is 7.47. The molecule has 2 atom stereocenters. The van der Waals surface area contributed by atoms with Crippen molar-refractivity contribution in [1.82, 2.24) is 15.1 Å². The minimum atomic E-state index is -0.364. The van der Waals surface area contributed by atoms with Crippen LogP contribution in [0.1, 0.15) is 13.3 Å². The van der Waals surface area contributed by atoms with E-state index in [0.29, 0.717) is 38.7 Å². The molecule has 0 aromatic carbocycles. The van der Waals surface area contributed by atoms with E-state index in [-0.39, 0.29) is 17.2 Å². The van der Waals surface area contributed by atoms with E-state index in [4.69, 9.17) is 4.74 Å². The van der Waals surface area contributed by atoms with Crippen LogP contribution in [-0.2, 0) is 14.3 Å². The minimum absolute atomic E-state index is 0.0941. The van der Waals surface area contributed by atoms with Crippen LogP contribution in [0.3, 0.4) is 0 Å². The fraction of sp³-hybridized carbons (Fsp3) is 0.857. The quantitative estimate of drug-likeness (QED) is 0.691. The van der Waals surface area contributed by atoms with Crippen LogP contribution in [0.4, 0.5) is 0 Å². The van der Waals surface area contributed by atoms with Crippen molar-refractivity contribution >= 4 is 11.8 Å². The standard InChI is InChI=1S/C14H23N3O3/c1-11(18)16-3-5-17(6-4-16)13(19)14-9-15-8-12(14)2-7-20-10-14/h12,15H,2-10H2,1H3/t12-,14+/m1/s1. The molecular formula is C14H23N3O3. The molecular weight excluding hydrogens is 258 g/mol. The maximum absolute atomic E-state index is 12.9. The Morgan fingerprint density at radius 1 is 1.20 bits per heavy atom. The Balaban J connectivity index is 1.68. The van der Waals surface area contributed by atoms with Gasteiger partial charge >= 0.3 is 0 Å². The van der Waals surface area contributed by atoms with Crippen molar-refractivity contribution in [2.75, 3.05) is 52.5 Å². The van der Waals surface area contributed by atoms with Crippen molar-refractivity contribution in [2.24, 2.45) is 11.3 Å². The van der Waals surface area contributed by atoms with Gasteiger partial charge in [0.15, 0.2) is 0 Å². The van der Waals surface area contributed by atoms with Gasteiger partial charge in [-0.25, -0.2) is 0 Å². The zero-order chi connectivity index (χ0) is 14.2. The lowest BCUT2D eigenvalue weighted by atomic mass is 9.74. The molecule has 0 bridgehead atoms. The lowest BCUT2D eigenvalue weighted by Crippen LogP contribution is -2.58. The summed E-state index contributed by atoms with van der Waals surface area (Å²) in [5, 5.41) is 3.36. The van der Waals surface area contributed by atoms with Crippen LogP contribution in [0.5, 0.6) is 0 Å². The summed E-state index contributed by atoms with van der Waals surface area (Å²) in [7, 11) is 0. The van der Waals surface area contributed by atoms with Gasteiger partial charge in [0, 0.05) is 46.3 Å². The van der Waals surface area contributed by atoms with Crippen LogP contribution in [0.25, 0.3) is 0 Å². The number of carbonyl (C=O) groups is 2. The zero-order valence-corrected chi connectivity index (χ0v) is 12.1. The molecule has 0 radical (unpaired) electrons. The number of rotatable bonds is 1. The second-order valence-corrected chi connectivity index (χ2v) is 6.12. The second-order valence-electron chi connectivity index (χ2n) is 6.12. The molecule has 0 aromatic rings. The highest BCUT2D eigenvalue weighted by Crippen LogP contribution is 2.39. The third-order valence-electron chi connectivity index (χ3n) is 5.02. The number of ether oxygens (including phenoxy) is 1. The molecule has 1 N–H and O–H groups in total. The molecule has 0 aromatic heterocycles. The number of nitrogens with zero attached hydrogens (tertiary/aromatic N) is 2. The monoisotopic (exact) mass is 281 g/mol. The van der Waals surface area contributed by atoms with Gasteiger partial charge in [0.2, 0.25) is 11.8 Å². The summed E-state index contributed by atoms with van der Waals surface area (Å²) < 4.78 is 5.61. The van der Waals surface area contributed by atoms with Crippen molar-refractivity contribution in [3.8, 4) is 0 Å². The van der Waals surface area contributed by atoms with E-state index in [9.17, 15) is 9.59 Å². The highest BCUT2D eigenvalue weighted by atomic mass is 16.5. The minimum Gasteiger partial charge on any atom is -0.380 e.